The molecule has 0 unspecified atom stereocenters. The average molecular weight is 431 g/mol. The van der Waals surface area contributed by atoms with Crippen LogP contribution in [0.3, 0.4) is 0 Å². The van der Waals surface area contributed by atoms with E-state index in [4.69, 9.17) is 11.6 Å². The molecule has 1 aromatic heterocycles. The van der Waals surface area contributed by atoms with Crippen molar-refractivity contribution in [2.75, 3.05) is 11.1 Å². The van der Waals surface area contributed by atoms with Crippen LogP contribution in [0.25, 0.3) is 5.69 Å². The fourth-order valence-electron chi connectivity index (χ4n) is 2.46. The van der Waals surface area contributed by atoms with E-state index in [1.54, 1.807) is 48.5 Å². The Morgan fingerprint density at radius 3 is 2.59 bits per heavy atom. The molecule has 10 heteroatoms. The van der Waals surface area contributed by atoms with E-state index < -0.39 is 0 Å². The van der Waals surface area contributed by atoms with Gasteiger partial charge < -0.3 is 10.6 Å². The Hall–Kier alpha value is -2.91. The third kappa shape index (κ3) is 5.55. The number of para-hydroxylation sites is 1. The zero-order valence-electron chi connectivity index (χ0n) is 15.8. The molecule has 0 aliphatic carbocycles. The average Bonchev–Trinajstić information content (AvgIpc) is 3.15. The van der Waals surface area contributed by atoms with E-state index in [2.05, 4.69) is 26.2 Å². The first-order chi connectivity index (χ1) is 13.9. The molecule has 29 heavy (non-hydrogen) atoms. The molecule has 0 aliphatic rings. The Kier molecular flexibility index (Phi) is 6.84. The van der Waals surface area contributed by atoms with Gasteiger partial charge in [-0.15, -0.1) is 5.10 Å². The number of carbonyl (C=O) groups excluding carboxylic acids is 2. The lowest BCUT2D eigenvalue weighted by molar-refractivity contribution is -0.113. The van der Waals surface area contributed by atoms with Crippen LogP contribution in [-0.2, 0) is 4.79 Å². The fraction of sp³-hybridized carbons (Fsp3) is 0.211. The highest BCUT2D eigenvalue weighted by atomic mass is 35.5. The van der Waals surface area contributed by atoms with Gasteiger partial charge in [0, 0.05) is 11.1 Å². The predicted octanol–water partition coefficient (Wildman–Crippen LogP) is 3.18. The predicted molar refractivity (Wildman–Crippen MR) is 113 cm³/mol. The molecule has 2 aromatic carbocycles. The van der Waals surface area contributed by atoms with Gasteiger partial charge >= 0.3 is 0 Å². The van der Waals surface area contributed by atoms with Gasteiger partial charge in [-0.3, -0.25) is 9.59 Å². The summed E-state index contributed by atoms with van der Waals surface area (Å²) in [6.45, 7) is 3.75. The summed E-state index contributed by atoms with van der Waals surface area (Å²) in [7, 11) is 0. The number of thioether (sulfide) groups is 1. The van der Waals surface area contributed by atoms with Crippen LogP contribution in [0.1, 0.15) is 24.2 Å². The van der Waals surface area contributed by atoms with Crippen molar-refractivity contribution in [3.8, 4) is 5.69 Å². The second-order valence-corrected chi connectivity index (χ2v) is 7.74. The number of tetrazole rings is 1. The van der Waals surface area contributed by atoms with Gasteiger partial charge in [0.15, 0.2) is 0 Å². The number of amides is 2. The molecule has 0 saturated carbocycles. The molecule has 0 fully saturated rings. The van der Waals surface area contributed by atoms with E-state index >= 15 is 0 Å². The van der Waals surface area contributed by atoms with Crippen molar-refractivity contribution in [3.63, 3.8) is 0 Å². The maximum absolute atomic E-state index is 12.4. The quantitative estimate of drug-likeness (QED) is 0.558. The molecule has 0 radical (unpaired) electrons. The molecule has 3 rings (SSSR count). The van der Waals surface area contributed by atoms with Crippen molar-refractivity contribution in [3.05, 3.63) is 59.1 Å². The van der Waals surface area contributed by atoms with Crippen molar-refractivity contribution < 1.29 is 9.59 Å². The molecule has 2 N–H and O–H groups in total. The third-order valence-electron chi connectivity index (χ3n) is 3.71. The van der Waals surface area contributed by atoms with Gasteiger partial charge in [0.25, 0.3) is 5.91 Å². The summed E-state index contributed by atoms with van der Waals surface area (Å²) in [5, 5.41) is 18.3. The molecule has 1 heterocycles. The topological polar surface area (TPSA) is 102 Å². The number of hydrogen-bond donors (Lipinski definition) is 2. The summed E-state index contributed by atoms with van der Waals surface area (Å²) in [5.41, 5.74) is 1.59. The summed E-state index contributed by atoms with van der Waals surface area (Å²) in [5.74, 6) is -0.436. The number of nitrogens with one attached hydrogen (secondary N) is 2. The maximum Gasteiger partial charge on any atom is 0.253 e. The molecule has 0 saturated heterocycles. The van der Waals surface area contributed by atoms with Crippen LogP contribution in [0, 0.1) is 0 Å². The highest BCUT2D eigenvalue weighted by Gasteiger charge is 2.15. The number of halogens is 1. The molecule has 0 atom stereocenters. The van der Waals surface area contributed by atoms with Crippen LogP contribution < -0.4 is 10.6 Å². The summed E-state index contributed by atoms with van der Waals surface area (Å²) >= 11 is 7.09. The summed E-state index contributed by atoms with van der Waals surface area (Å²) in [6.07, 6.45) is 0. The van der Waals surface area contributed by atoms with Gasteiger partial charge in [0.1, 0.15) is 0 Å². The summed E-state index contributed by atoms with van der Waals surface area (Å²) in [4.78, 5) is 24.8. The van der Waals surface area contributed by atoms with E-state index in [-0.39, 0.29) is 23.6 Å². The van der Waals surface area contributed by atoms with Crippen molar-refractivity contribution in [1.82, 2.24) is 25.5 Å². The SMILES string of the molecule is CC(C)NC(=O)c1ccccc1NC(=O)CSc1nnnn1-c1ccc(Cl)cc1. The molecule has 0 aliphatic heterocycles. The number of aromatic nitrogens is 4. The Balaban J connectivity index is 1.66. The smallest absolute Gasteiger partial charge is 0.253 e. The third-order valence-corrected chi connectivity index (χ3v) is 4.88. The standard InChI is InChI=1S/C19H19ClN6O2S/c1-12(2)21-18(28)15-5-3-4-6-16(15)22-17(27)11-29-19-23-24-25-26(19)14-9-7-13(20)8-10-14/h3-10,12H,11H2,1-2H3,(H,21,28)(H,22,27). The molecule has 0 spiro atoms. The number of rotatable bonds is 7. The number of hydrogen-bond acceptors (Lipinski definition) is 6. The highest BCUT2D eigenvalue weighted by Crippen LogP contribution is 2.21. The minimum atomic E-state index is -0.273. The van der Waals surface area contributed by atoms with Gasteiger partial charge in [0.05, 0.1) is 22.7 Å². The van der Waals surface area contributed by atoms with E-state index in [0.717, 1.165) is 5.69 Å². The van der Waals surface area contributed by atoms with Crippen molar-refractivity contribution >= 4 is 40.9 Å². The Labute approximate surface area is 177 Å². The van der Waals surface area contributed by atoms with E-state index in [0.29, 0.717) is 21.4 Å². The maximum atomic E-state index is 12.4. The van der Waals surface area contributed by atoms with Crippen molar-refractivity contribution in [2.24, 2.45) is 0 Å². The Morgan fingerprint density at radius 1 is 1.14 bits per heavy atom. The van der Waals surface area contributed by atoms with Gasteiger partial charge in [-0.2, -0.15) is 4.68 Å². The van der Waals surface area contributed by atoms with Crippen molar-refractivity contribution in [1.29, 1.82) is 0 Å². The van der Waals surface area contributed by atoms with Crippen LogP contribution in [0.5, 0.6) is 0 Å². The Bertz CT molecular complexity index is 1010. The highest BCUT2D eigenvalue weighted by molar-refractivity contribution is 7.99. The molecule has 2 amide bonds. The lowest BCUT2D eigenvalue weighted by Gasteiger charge is -2.13. The normalized spacial score (nSPS) is 10.8. The lowest BCUT2D eigenvalue weighted by atomic mass is 10.1. The monoisotopic (exact) mass is 430 g/mol. The number of anilines is 1. The second kappa shape index (κ2) is 9.53. The number of carbonyl (C=O) groups is 2. The number of benzene rings is 2. The number of nitrogens with zero attached hydrogens (tertiary/aromatic N) is 4. The van der Waals surface area contributed by atoms with Crippen LogP contribution in [0.2, 0.25) is 5.02 Å². The first kappa shape index (κ1) is 20.8. The summed E-state index contributed by atoms with van der Waals surface area (Å²) in [6, 6.07) is 13.9. The lowest BCUT2D eigenvalue weighted by Crippen LogP contribution is -2.31. The van der Waals surface area contributed by atoms with Crippen LogP contribution >= 0.6 is 23.4 Å². The van der Waals surface area contributed by atoms with Crippen LogP contribution in [-0.4, -0.2) is 43.8 Å². The second-order valence-electron chi connectivity index (χ2n) is 6.36. The summed E-state index contributed by atoms with van der Waals surface area (Å²) < 4.78 is 1.53. The van der Waals surface area contributed by atoms with E-state index in [1.165, 1.54) is 16.4 Å². The van der Waals surface area contributed by atoms with Gasteiger partial charge in [0.2, 0.25) is 11.1 Å². The minimum absolute atomic E-state index is 0.00598. The minimum Gasteiger partial charge on any atom is -0.350 e. The first-order valence-electron chi connectivity index (χ1n) is 8.81. The molecular formula is C19H19ClN6O2S. The van der Waals surface area contributed by atoms with Crippen LogP contribution in [0.15, 0.2) is 53.7 Å². The molecule has 8 nitrogen and oxygen atoms in total. The first-order valence-corrected chi connectivity index (χ1v) is 10.2. The van der Waals surface area contributed by atoms with Crippen molar-refractivity contribution in [2.45, 2.75) is 25.0 Å². The zero-order chi connectivity index (χ0) is 20.8. The van der Waals surface area contributed by atoms with Gasteiger partial charge in [-0.25, -0.2) is 0 Å². The fourth-order valence-corrected chi connectivity index (χ4v) is 3.28. The van der Waals surface area contributed by atoms with Gasteiger partial charge in [-0.1, -0.05) is 35.5 Å². The largest absolute Gasteiger partial charge is 0.350 e. The van der Waals surface area contributed by atoms with Gasteiger partial charge in [-0.05, 0) is 60.7 Å². The molecule has 0 bridgehead atoms. The van der Waals surface area contributed by atoms with E-state index in [9.17, 15) is 9.59 Å². The molecule has 3 aromatic rings. The molecule has 150 valence electrons. The molecular weight excluding hydrogens is 412 g/mol. The zero-order valence-corrected chi connectivity index (χ0v) is 17.4. The van der Waals surface area contributed by atoms with Crippen LogP contribution in [0.4, 0.5) is 5.69 Å². The Morgan fingerprint density at radius 2 is 1.86 bits per heavy atom. The van der Waals surface area contributed by atoms with E-state index in [1.807, 2.05) is 13.8 Å².